The molecule has 0 aromatic heterocycles. The van der Waals surface area contributed by atoms with Gasteiger partial charge >= 0.3 is 5.97 Å². The third-order valence-corrected chi connectivity index (χ3v) is 2.86. The summed E-state index contributed by atoms with van der Waals surface area (Å²) < 4.78 is 11.2. The standard InChI is InChI=1S/C11H8Br2O3/c1-2-15-7-5-3-4-6-8(7)11(14)16-9(6)10(12)13/h3-5H,2H2,1H3. The summed E-state index contributed by atoms with van der Waals surface area (Å²) in [6, 6.07) is 5.41. The number of cyclic esters (lactones) is 1. The highest BCUT2D eigenvalue weighted by molar-refractivity contribution is 9.28. The summed E-state index contributed by atoms with van der Waals surface area (Å²) >= 11 is 6.48. The Morgan fingerprint density at radius 2 is 2.19 bits per heavy atom. The Morgan fingerprint density at radius 1 is 1.44 bits per heavy atom. The van der Waals surface area contributed by atoms with Crippen LogP contribution in [0, 0.1) is 0 Å². The second-order valence-electron chi connectivity index (χ2n) is 3.09. The van der Waals surface area contributed by atoms with Crippen molar-refractivity contribution in [2.45, 2.75) is 6.92 Å². The number of rotatable bonds is 2. The predicted molar refractivity (Wildman–Crippen MR) is 67.8 cm³/mol. The second-order valence-corrected chi connectivity index (χ2v) is 5.74. The number of benzene rings is 1. The van der Waals surface area contributed by atoms with Crippen molar-refractivity contribution in [1.82, 2.24) is 0 Å². The van der Waals surface area contributed by atoms with Crippen LogP contribution >= 0.6 is 31.9 Å². The van der Waals surface area contributed by atoms with Crippen molar-refractivity contribution in [3.05, 3.63) is 32.7 Å². The molecule has 0 aliphatic carbocycles. The van der Waals surface area contributed by atoms with E-state index in [1.54, 1.807) is 6.07 Å². The largest absolute Gasteiger partial charge is 0.493 e. The minimum atomic E-state index is -0.384. The first-order chi connectivity index (χ1) is 7.65. The molecule has 1 aromatic rings. The van der Waals surface area contributed by atoms with Crippen LogP contribution in [0.5, 0.6) is 5.75 Å². The second kappa shape index (κ2) is 4.59. The lowest BCUT2D eigenvalue weighted by atomic mass is 10.1. The van der Waals surface area contributed by atoms with Crippen LogP contribution < -0.4 is 4.74 Å². The van der Waals surface area contributed by atoms with E-state index in [-0.39, 0.29) is 5.97 Å². The van der Waals surface area contributed by atoms with E-state index in [4.69, 9.17) is 9.47 Å². The number of carbonyl (C=O) groups is 1. The number of fused-ring (bicyclic) bond motifs is 1. The highest BCUT2D eigenvalue weighted by Gasteiger charge is 2.31. The average molecular weight is 348 g/mol. The van der Waals surface area contributed by atoms with Crippen LogP contribution in [0.4, 0.5) is 0 Å². The van der Waals surface area contributed by atoms with E-state index in [1.165, 1.54) is 0 Å². The molecular weight excluding hydrogens is 340 g/mol. The normalized spacial score (nSPS) is 13.4. The minimum absolute atomic E-state index is 0.384. The van der Waals surface area contributed by atoms with Crippen LogP contribution in [0.1, 0.15) is 22.8 Å². The molecule has 84 valence electrons. The lowest BCUT2D eigenvalue weighted by Gasteiger charge is -2.05. The molecule has 1 heterocycles. The summed E-state index contributed by atoms with van der Waals surface area (Å²) in [6.07, 6.45) is 0. The minimum Gasteiger partial charge on any atom is -0.493 e. The zero-order valence-corrected chi connectivity index (χ0v) is 11.6. The number of halogens is 2. The van der Waals surface area contributed by atoms with Gasteiger partial charge in [0.25, 0.3) is 0 Å². The molecule has 0 saturated heterocycles. The van der Waals surface area contributed by atoms with Gasteiger partial charge in [-0.2, -0.15) is 0 Å². The molecule has 1 aliphatic heterocycles. The van der Waals surface area contributed by atoms with Crippen LogP contribution in [0.2, 0.25) is 0 Å². The van der Waals surface area contributed by atoms with Gasteiger partial charge in [-0.1, -0.05) is 12.1 Å². The lowest BCUT2D eigenvalue weighted by molar-refractivity contribution is 0.0712. The van der Waals surface area contributed by atoms with E-state index >= 15 is 0 Å². The molecule has 3 nitrogen and oxygen atoms in total. The summed E-state index contributed by atoms with van der Waals surface area (Å²) in [4.78, 5) is 11.7. The molecule has 0 fully saturated rings. The van der Waals surface area contributed by atoms with Crippen molar-refractivity contribution in [1.29, 1.82) is 0 Å². The zero-order valence-electron chi connectivity index (χ0n) is 8.42. The SMILES string of the molecule is CCOc1cccc2c1C(=O)OC2=C(Br)Br. The van der Waals surface area contributed by atoms with Crippen LogP contribution in [-0.2, 0) is 4.74 Å². The molecule has 2 rings (SSSR count). The molecule has 0 atom stereocenters. The maximum atomic E-state index is 11.7. The van der Waals surface area contributed by atoms with Gasteiger partial charge in [0.15, 0.2) is 5.76 Å². The van der Waals surface area contributed by atoms with Gasteiger partial charge in [0.2, 0.25) is 0 Å². The third kappa shape index (κ3) is 1.89. The molecule has 0 radical (unpaired) electrons. The first kappa shape index (κ1) is 11.7. The quantitative estimate of drug-likeness (QED) is 0.766. The Morgan fingerprint density at radius 3 is 2.81 bits per heavy atom. The van der Waals surface area contributed by atoms with Gasteiger partial charge in [-0.05, 0) is 44.8 Å². The van der Waals surface area contributed by atoms with Crippen molar-refractivity contribution < 1.29 is 14.3 Å². The smallest absolute Gasteiger partial charge is 0.348 e. The Balaban J connectivity index is 2.60. The van der Waals surface area contributed by atoms with Crippen LogP contribution in [0.25, 0.3) is 5.76 Å². The monoisotopic (exact) mass is 346 g/mol. The lowest BCUT2D eigenvalue weighted by Crippen LogP contribution is -2.00. The Bertz CT molecular complexity index is 476. The number of carbonyl (C=O) groups excluding carboxylic acids is 1. The maximum absolute atomic E-state index is 11.7. The molecule has 0 bridgehead atoms. The van der Waals surface area contributed by atoms with E-state index in [9.17, 15) is 4.79 Å². The fourth-order valence-corrected chi connectivity index (χ4v) is 2.13. The van der Waals surface area contributed by atoms with Crippen molar-refractivity contribution in [3.63, 3.8) is 0 Å². The van der Waals surface area contributed by atoms with Crippen molar-refractivity contribution in [2.24, 2.45) is 0 Å². The maximum Gasteiger partial charge on any atom is 0.348 e. The van der Waals surface area contributed by atoms with Gasteiger partial charge in [-0.15, -0.1) is 0 Å². The van der Waals surface area contributed by atoms with Gasteiger partial charge in [-0.25, -0.2) is 4.79 Å². The highest BCUT2D eigenvalue weighted by Crippen LogP contribution is 2.40. The Kier molecular flexibility index (Phi) is 3.35. The molecule has 1 aliphatic rings. The highest BCUT2D eigenvalue weighted by atomic mass is 79.9. The zero-order chi connectivity index (χ0) is 11.7. The van der Waals surface area contributed by atoms with E-state index in [0.717, 1.165) is 5.56 Å². The summed E-state index contributed by atoms with van der Waals surface area (Å²) in [6.45, 7) is 2.38. The van der Waals surface area contributed by atoms with Gasteiger partial charge in [0.05, 0.1) is 6.61 Å². The fourth-order valence-electron chi connectivity index (χ4n) is 1.55. The van der Waals surface area contributed by atoms with E-state index in [1.807, 2.05) is 19.1 Å². The van der Waals surface area contributed by atoms with Crippen molar-refractivity contribution in [2.75, 3.05) is 6.61 Å². The summed E-state index contributed by atoms with van der Waals surface area (Å²) in [5.41, 5.74) is 1.22. The topological polar surface area (TPSA) is 35.5 Å². The molecule has 16 heavy (non-hydrogen) atoms. The van der Waals surface area contributed by atoms with E-state index in [2.05, 4.69) is 31.9 Å². The first-order valence-corrected chi connectivity index (χ1v) is 6.27. The molecule has 1 aromatic carbocycles. The van der Waals surface area contributed by atoms with Gasteiger partial charge in [-0.3, -0.25) is 0 Å². The number of esters is 1. The van der Waals surface area contributed by atoms with Gasteiger partial charge < -0.3 is 9.47 Å². The summed E-state index contributed by atoms with van der Waals surface area (Å²) in [5, 5.41) is 0. The van der Waals surface area contributed by atoms with Gasteiger partial charge in [0.1, 0.15) is 14.7 Å². The Hall–Kier alpha value is -0.810. The van der Waals surface area contributed by atoms with Crippen LogP contribution in [0.15, 0.2) is 21.6 Å². The molecular formula is C11H8Br2O3. The number of hydrogen-bond donors (Lipinski definition) is 0. The van der Waals surface area contributed by atoms with Crippen LogP contribution in [-0.4, -0.2) is 12.6 Å². The molecule has 0 N–H and O–H groups in total. The molecule has 5 heteroatoms. The first-order valence-electron chi connectivity index (χ1n) is 4.68. The fraction of sp³-hybridized carbons (Fsp3) is 0.182. The van der Waals surface area contributed by atoms with Crippen molar-refractivity contribution in [3.8, 4) is 5.75 Å². The molecule has 0 amide bonds. The Labute approximate surface area is 110 Å². The number of hydrogen-bond acceptors (Lipinski definition) is 3. The van der Waals surface area contributed by atoms with Crippen molar-refractivity contribution >= 4 is 43.6 Å². The van der Waals surface area contributed by atoms with E-state index < -0.39 is 0 Å². The predicted octanol–water partition coefficient (Wildman–Crippen LogP) is 3.67. The van der Waals surface area contributed by atoms with E-state index in [0.29, 0.717) is 27.1 Å². The molecule has 0 spiro atoms. The third-order valence-electron chi connectivity index (χ3n) is 2.14. The summed E-state index contributed by atoms with van der Waals surface area (Å²) in [7, 11) is 0. The average Bonchev–Trinajstić information content (AvgIpc) is 2.58. The number of ether oxygens (including phenoxy) is 2. The molecule has 0 saturated carbocycles. The van der Waals surface area contributed by atoms with Crippen LogP contribution in [0.3, 0.4) is 0 Å². The summed E-state index contributed by atoms with van der Waals surface area (Å²) in [5.74, 6) is 0.660. The van der Waals surface area contributed by atoms with Gasteiger partial charge in [0, 0.05) is 5.56 Å². The molecule has 0 unspecified atom stereocenters.